The first kappa shape index (κ1) is 11.0. The molecule has 0 aromatic heterocycles. The molecule has 78 valence electrons. The monoisotopic (exact) mass is 196 g/mol. The molecule has 1 aliphatic heterocycles. The van der Waals surface area contributed by atoms with Gasteiger partial charge in [-0.3, -0.25) is 4.79 Å². The van der Waals surface area contributed by atoms with Crippen molar-refractivity contribution in [3.8, 4) is 6.07 Å². The molecule has 1 atom stereocenters. The van der Waals surface area contributed by atoms with Crippen LogP contribution in [0.15, 0.2) is 0 Å². The van der Waals surface area contributed by atoms with E-state index in [9.17, 15) is 4.79 Å². The average Bonchev–Trinajstić information content (AvgIpc) is 2.52. The summed E-state index contributed by atoms with van der Waals surface area (Å²) in [7, 11) is 0. The fraction of sp³-hybridized carbons (Fsp3) is 0.800. The van der Waals surface area contributed by atoms with Crippen LogP contribution in [0.25, 0.3) is 0 Å². The van der Waals surface area contributed by atoms with E-state index in [2.05, 4.69) is 0 Å². The third kappa shape index (κ3) is 3.00. The maximum Gasteiger partial charge on any atom is 0.236 e. The van der Waals surface area contributed by atoms with E-state index in [1.54, 1.807) is 4.90 Å². The van der Waals surface area contributed by atoms with Crippen molar-refractivity contribution in [2.45, 2.75) is 38.9 Å². The van der Waals surface area contributed by atoms with Crippen LogP contribution in [0, 0.1) is 11.3 Å². The van der Waals surface area contributed by atoms with Crippen LogP contribution in [0.5, 0.6) is 0 Å². The van der Waals surface area contributed by atoms with Gasteiger partial charge < -0.3 is 9.64 Å². The Bertz CT molecular complexity index is 245. The predicted octanol–water partition coefficient (Wildman–Crippen LogP) is 0.926. The highest BCUT2D eigenvalue weighted by molar-refractivity contribution is 5.78. The molecule has 0 aromatic rings. The molecule has 1 heterocycles. The van der Waals surface area contributed by atoms with Gasteiger partial charge in [-0.2, -0.15) is 5.26 Å². The van der Waals surface area contributed by atoms with E-state index < -0.39 is 0 Å². The fourth-order valence-electron chi connectivity index (χ4n) is 1.63. The Balaban J connectivity index is 2.34. The molecule has 0 radical (unpaired) electrons. The van der Waals surface area contributed by atoms with Crippen LogP contribution in [0.4, 0.5) is 0 Å². The number of ether oxygens (including phenoxy) is 1. The van der Waals surface area contributed by atoms with Gasteiger partial charge in [-0.15, -0.1) is 0 Å². The normalized spacial score (nSPS) is 21.3. The summed E-state index contributed by atoms with van der Waals surface area (Å²) < 4.78 is 5.59. The highest BCUT2D eigenvalue weighted by Gasteiger charge is 2.26. The Morgan fingerprint density at radius 3 is 3.00 bits per heavy atom. The first-order valence-corrected chi connectivity index (χ1v) is 4.93. The molecule has 14 heavy (non-hydrogen) atoms. The van der Waals surface area contributed by atoms with Crippen molar-refractivity contribution in [2.24, 2.45) is 0 Å². The van der Waals surface area contributed by atoms with Gasteiger partial charge >= 0.3 is 0 Å². The first-order chi connectivity index (χ1) is 6.63. The Kier molecular flexibility index (Phi) is 3.90. The Hall–Kier alpha value is -1.08. The quantitative estimate of drug-likeness (QED) is 0.674. The van der Waals surface area contributed by atoms with Gasteiger partial charge in [-0.1, -0.05) is 0 Å². The number of nitriles is 1. The molecule has 1 saturated heterocycles. The zero-order chi connectivity index (χ0) is 10.6. The fourth-order valence-corrected chi connectivity index (χ4v) is 1.63. The summed E-state index contributed by atoms with van der Waals surface area (Å²) in [6, 6.07) is 1.87. The maximum atomic E-state index is 11.3. The molecule has 4 nitrogen and oxygen atoms in total. The second kappa shape index (κ2) is 4.97. The molecule has 0 bridgehead atoms. The lowest BCUT2D eigenvalue weighted by atomic mass is 10.3. The first-order valence-electron chi connectivity index (χ1n) is 4.93. The lowest BCUT2D eigenvalue weighted by molar-refractivity contribution is -0.129. The lowest BCUT2D eigenvalue weighted by Crippen LogP contribution is -2.30. The minimum atomic E-state index is -0.0812. The molecular weight excluding hydrogens is 180 g/mol. The van der Waals surface area contributed by atoms with Crippen LogP contribution in [0.1, 0.15) is 26.7 Å². The number of carbonyl (C=O) groups excluding carboxylic acids is 1. The highest BCUT2D eigenvalue weighted by atomic mass is 16.5. The number of hydrogen-bond donors (Lipinski definition) is 0. The van der Waals surface area contributed by atoms with E-state index in [0.717, 1.165) is 13.0 Å². The van der Waals surface area contributed by atoms with Gasteiger partial charge in [-0.05, 0) is 20.3 Å². The molecule has 1 unspecified atom stereocenters. The van der Waals surface area contributed by atoms with Crippen molar-refractivity contribution < 1.29 is 9.53 Å². The van der Waals surface area contributed by atoms with Crippen molar-refractivity contribution >= 4 is 5.91 Å². The largest absolute Gasteiger partial charge is 0.374 e. The van der Waals surface area contributed by atoms with Gasteiger partial charge in [-0.25, -0.2) is 0 Å². The average molecular weight is 196 g/mol. The van der Waals surface area contributed by atoms with Gasteiger partial charge in [0, 0.05) is 13.1 Å². The molecule has 0 aliphatic carbocycles. The number of carbonyl (C=O) groups is 1. The summed E-state index contributed by atoms with van der Waals surface area (Å²) in [4.78, 5) is 13.0. The number of rotatable bonds is 3. The number of hydrogen-bond acceptors (Lipinski definition) is 3. The van der Waals surface area contributed by atoms with Crippen molar-refractivity contribution in [1.29, 1.82) is 5.26 Å². The zero-order valence-electron chi connectivity index (χ0n) is 8.69. The second-order valence-electron chi connectivity index (χ2n) is 3.77. The smallest absolute Gasteiger partial charge is 0.236 e. The Morgan fingerprint density at radius 2 is 2.43 bits per heavy atom. The van der Waals surface area contributed by atoms with Crippen molar-refractivity contribution in [2.75, 3.05) is 13.1 Å². The highest BCUT2D eigenvalue weighted by Crippen LogP contribution is 2.14. The molecule has 0 aromatic carbocycles. The summed E-state index contributed by atoms with van der Waals surface area (Å²) in [5.41, 5.74) is 0. The molecule has 4 heteroatoms. The van der Waals surface area contributed by atoms with E-state index in [1.165, 1.54) is 0 Å². The molecule has 1 aliphatic rings. The molecule has 1 amide bonds. The molecule has 0 saturated carbocycles. The number of nitrogens with zero attached hydrogens (tertiary/aromatic N) is 2. The summed E-state index contributed by atoms with van der Waals surface area (Å²) in [5.74, 6) is -0.0812. The van der Waals surface area contributed by atoms with Crippen LogP contribution >= 0.6 is 0 Å². The van der Waals surface area contributed by atoms with Crippen molar-refractivity contribution in [3.05, 3.63) is 0 Å². The van der Waals surface area contributed by atoms with Gasteiger partial charge in [0.25, 0.3) is 0 Å². The van der Waals surface area contributed by atoms with Gasteiger partial charge in [0.2, 0.25) is 5.91 Å². The summed E-state index contributed by atoms with van der Waals surface area (Å²) in [6.07, 6.45) is 1.22. The van der Waals surface area contributed by atoms with Crippen molar-refractivity contribution in [3.63, 3.8) is 0 Å². The minimum absolute atomic E-state index is 0.0194. The second-order valence-corrected chi connectivity index (χ2v) is 3.77. The van der Waals surface area contributed by atoms with Gasteiger partial charge in [0.05, 0.1) is 18.3 Å². The minimum Gasteiger partial charge on any atom is -0.374 e. The van der Waals surface area contributed by atoms with E-state index >= 15 is 0 Å². The molecule has 1 rings (SSSR count). The van der Waals surface area contributed by atoms with E-state index in [0.29, 0.717) is 6.54 Å². The maximum absolute atomic E-state index is 11.3. The van der Waals surface area contributed by atoms with Gasteiger partial charge in [0.1, 0.15) is 6.42 Å². The van der Waals surface area contributed by atoms with Crippen LogP contribution < -0.4 is 0 Å². The van der Waals surface area contributed by atoms with Crippen molar-refractivity contribution in [1.82, 2.24) is 4.90 Å². The lowest BCUT2D eigenvalue weighted by Gasteiger charge is -2.16. The molecular formula is C10H16N2O2. The Morgan fingerprint density at radius 1 is 1.71 bits per heavy atom. The molecule has 0 N–H and O–H groups in total. The third-order valence-corrected chi connectivity index (χ3v) is 2.19. The van der Waals surface area contributed by atoms with Gasteiger partial charge in [0.15, 0.2) is 0 Å². The third-order valence-electron chi connectivity index (χ3n) is 2.19. The van der Waals surface area contributed by atoms with E-state index in [-0.39, 0.29) is 24.5 Å². The zero-order valence-corrected chi connectivity index (χ0v) is 8.69. The standard InChI is InChI=1S/C10H16N2O2/c1-8(2)14-9-4-6-12(7-9)10(13)3-5-11/h8-9H,3-4,6-7H2,1-2H3. The van der Waals surface area contributed by atoms with Crippen LogP contribution in [0.2, 0.25) is 0 Å². The molecule has 1 fully saturated rings. The SMILES string of the molecule is CC(C)OC1CCN(C(=O)CC#N)C1. The van der Waals surface area contributed by atoms with E-state index in [4.69, 9.17) is 10.00 Å². The summed E-state index contributed by atoms with van der Waals surface area (Å²) >= 11 is 0. The number of likely N-dealkylation sites (tertiary alicyclic amines) is 1. The predicted molar refractivity (Wildman–Crippen MR) is 51.4 cm³/mol. The van der Waals surface area contributed by atoms with Crippen LogP contribution in [-0.4, -0.2) is 36.1 Å². The topological polar surface area (TPSA) is 53.3 Å². The summed E-state index contributed by atoms with van der Waals surface area (Å²) in [6.45, 7) is 5.33. The van der Waals surface area contributed by atoms with Crippen LogP contribution in [0.3, 0.4) is 0 Å². The Labute approximate surface area is 84.4 Å². The van der Waals surface area contributed by atoms with E-state index in [1.807, 2.05) is 19.9 Å². The number of amides is 1. The summed E-state index contributed by atoms with van der Waals surface area (Å²) in [5, 5.41) is 8.38. The molecule has 0 spiro atoms. The van der Waals surface area contributed by atoms with Crippen LogP contribution in [-0.2, 0) is 9.53 Å².